The average Bonchev–Trinajstić information content (AvgIpc) is 2.88. The highest BCUT2D eigenvalue weighted by Crippen LogP contribution is 2.25. The van der Waals surface area contributed by atoms with Gasteiger partial charge in [0.25, 0.3) is 0 Å². The topological polar surface area (TPSA) is 71.1 Å². The van der Waals surface area contributed by atoms with E-state index in [1.165, 1.54) is 0 Å². The summed E-state index contributed by atoms with van der Waals surface area (Å²) in [5.41, 5.74) is 2.53. The molecule has 0 aliphatic carbocycles. The Morgan fingerprint density at radius 1 is 0.667 bits per heavy atom. The lowest BCUT2D eigenvalue weighted by Gasteiger charge is -2.11. The van der Waals surface area contributed by atoms with Crippen molar-refractivity contribution in [3.05, 3.63) is 101 Å². The van der Waals surface area contributed by atoms with Gasteiger partial charge in [-0.05, 0) is 84.8 Å². The Morgan fingerprint density at radius 2 is 1.31 bits per heavy atom. The van der Waals surface area contributed by atoms with Gasteiger partial charge in [-0.15, -0.1) is 0 Å². The molecule has 0 N–H and O–H groups in total. The van der Waals surface area contributed by atoms with Gasteiger partial charge in [0.15, 0.2) is 0 Å². The Kier molecular flexibility index (Phi) is 7.98. The van der Waals surface area contributed by atoms with Crippen molar-refractivity contribution in [2.45, 2.75) is 20.3 Å². The van der Waals surface area contributed by atoms with Gasteiger partial charge < -0.3 is 18.9 Å². The quantitative estimate of drug-likeness (QED) is 0.157. The smallest absolute Gasteiger partial charge is 0.343 e. The van der Waals surface area contributed by atoms with E-state index in [4.69, 9.17) is 18.9 Å². The summed E-state index contributed by atoms with van der Waals surface area (Å²) in [6, 6.07) is 23.2. The van der Waals surface area contributed by atoms with E-state index >= 15 is 0 Å². The van der Waals surface area contributed by atoms with Crippen LogP contribution >= 0.6 is 0 Å². The maximum Gasteiger partial charge on any atom is 0.343 e. The highest BCUT2D eigenvalue weighted by molar-refractivity contribution is 5.97. The van der Waals surface area contributed by atoms with Crippen LogP contribution in [0.2, 0.25) is 0 Å². The first-order chi connectivity index (χ1) is 17.4. The summed E-state index contributed by atoms with van der Waals surface area (Å²) >= 11 is 0. The minimum Gasteiger partial charge on any atom is -0.493 e. The Hall–Kier alpha value is -4.16. The summed E-state index contributed by atoms with van der Waals surface area (Å²) in [5, 5.41) is 1.86. The average molecular weight is 485 g/mol. The molecule has 0 atom stereocenters. The second-order valence-electron chi connectivity index (χ2n) is 8.49. The molecule has 0 heterocycles. The van der Waals surface area contributed by atoms with E-state index in [9.17, 15) is 9.59 Å². The number of methoxy groups -OCH3 is 1. The fourth-order valence-electron chi connectivity index (χ4n) is 3.66. The molecule has 6 heteroatoms. The van der Waals surface area contributed by atoms with Gasteiger partial charge in [0.1, 0.15) is 17.2 Å². The van der Waals surface area contributed by atoms with Crippen molar-refractivity contribution in [2.75, 3.05) is 20.3 Å². The monoisotopic (exact) mass is 484 g/mol. The number of rotatable bonds is 9. The summed E-state index contributed by atoms with van der Waals surface area (Å²) in [5.74, 6) is 0.670. The molecule has 0 fully saturated rings. The normalized spacial score (nSPS) is 10.8. The van der Waals surface area contributed by atoms with E-state index in [0.717, 1.165) is 28.5 Å². The summed E-state index contributed by atoms with van der Waals surface area (Å²) in [7, 11) is 1.67. The van der Waals surface area contributed by atoms with E-state index in [-0.39, 0.29) is 0 Å². The molecule has 0 unspecified atom stereocenters. The van der Waals surface area contributed by atoms with Crippen molar-refractivity contribution in [2.24, 2.45) is 0 Å². The van der Waals surface area contributed by atoms with Crippen molar-refractivity contribution in [1.29, 1.82) is 0 Å². The number of hydrogen-bond donors (Lipinski definition) is 0. The number of ether oxygens (including phenoxy) is 4. The third-order valence-corrected chi connectivity index (χ3v) is 5.65. The number of fused-ring (bicyclic) bond motifs is 1. The molecule has 4 aromatic carbocycles. The van der Waals surface area contributed by atoms with Gasteiger partial charge in [0.05, 0.1) is 17.7 Å². The van der Waals surface area contributed by atoms with E-state index < -0.39 is 11.9 Å². The number of benzene rings is 4. The first-order valence-corrected chi connectivity index (χ1v) is 11.7. The highest BCUT2D eigenvalue weighted by atomic mass is 16.5. The maximum atomic E-state index is 12.8. The van der Waals surface area contributed by atoms with Crippen LogP contribution in [0.15, 0.2) is 78.9 Å². The van der Waals surface area contributed by atoms with Crippen LogP contribution in [-0.2, 0) is 4.74 Å². The van der Waals surface area contributed by atoms with Crippen LogP contribution in [0.1, 0.15) is 38.3 Å². The summed E-state index contributed by atoms with van der Waals surface area (Å²) < 4.78 is 21.8. The Balaban J connectivity index is 1.41. The molecule has 0 amide bonds. The zero-order valence-electron chi connectivity index (χ0n) is 20.6. The third-order valence-electron chi connectivity index (χ3n) is 5.65. The number of aryl methyl sites for hydroxylation is 2. The molecule has 184 valence electrons. The maximum absolute atomic E-state index is 12.8. The van der Waals surface area contributed by atoms with Gasteiger partial charge in [0, 0.05) is 20.1 Å². The van der Waals surface area contributed by atoms with E-state index in [2.05, 4.69) is 0 Å². The Bertz CT molecular complexity index is 1370. The predicted octanol–water partition coefficient (Wildman–Crippen LogP) is 6.31. The van der Waals surface area contributed by atoms with Gasteiger partial charge in [-0.3, -0.25) is 0 Å². The van der Waals surface area contributed by atoms with Crippen LogP contribution < -0.4 is 14.2 Å². The lowest BCUT2D eigenvalue weighted by Crippen LogP contribution is -2.11. The van der Waals surface area contributed by atoms with E-state index in [1.807, 2.05) is 43.3 Å². The zero-order valence-corrected chi connectivity index (χ0v) is 20.6. The number of carbonyl (C=O) groups excluding carboxylic acids is 2. The molecule has 0 saturated heterocycles. The summed E-state index contributed by atoms with van der Waals surface area (Å²) in [6.45, 7) is 4.97. The van der Waals surface area contributed by atoms with Crippen molar-refractivity contribution in [1.82, 2.24) is 0 Å². The van der Waals surface area contributed by atoms with Crippen molar-refractivity contribution in [3.63, 3.8) is 0 Å². The second kappa shape index (κ2) is 11.5. The van der Waals surface area contributed by atoms with Crippen LogP contribution in [0.25, 0.3) is 10.8 Å². The van der Waals surface area contributed by atoms with E-state index in [0.29, 0.717) is 41.4 Å². The Morgan fingerprint density at radius 3 is 2.06 bits per heavy atom. The molecule has 6 nitrogen and oxygen atoms in total. The molecule has 0 bridgehead atoms. The second-order valence-corrected chi connectivity index (χ2v) is 8.49. The van der Waals surface area contributed by atoms with Crippen LogP contribution in [0.4, 0.5) is 0 Å². The van der Waals surface area contributed by atoms with E-state index in [1.54, 1.807) is 56.5 Å². The fourth-order valence-corrected chi connectivity index (χ4v) is 3.66. The zero-order chi connectivity index (χ0) is 25.5. The van der Waals surface area contributed by atoms with Crippen LogP contribution in [0.5, 0.6) is 17.2 Å². The van der Waals surface area contributed by atoms with Crippen LogP contribution in [0, 0.1) is 13.8 Å². The molecule has 0 radical (unpaired) electrons. The standard InChI is InChI=1S/C30H28O6/c1-20-5-11-26(12-6-20)35-29(31)24-10-14-28(21(2)17-24)36-30(32)25-8-7-23-19-27(13-9-22(23)18-25)34-16-4-15-33-3/h5-14,17-19H,4,15-16H2,1-3H3. The van der Waals surface area contributed by atoms with Gasteiger partial charge >= 0.3 is 11.9 Å². The molecule has 4 aromatic rings. The molecule has 0 aliphatic rings. The first-order valence-electron chi connectivity index (χ1n) is 11.7. The third kappa shape index (κ3) is 6.29. The van der Waals surface area contributed by atoms with Crippen molar-refractivity contribution in [3.8, 4) is 17.2 Å². The lowest BCUT2D eigenvalue weighted by atomic mass is 10.1. The molecule has 0 aliphatic heterocycles. The Labute approximate surface area is 210 Å². The first kappa shape index (κ1) is 24.9. The molecule has 4 rings (SSSR count). The lowest BCUT2D eigenvalue weighted by molar-refractivity contribution is 0.0730. The molecular weight excluding hydrogens is 456 g/mol. The molecule has 36 heavy (non-hydrogen) atoms. The minimum absolute atomic E-state index is 0.374. The number of carbonyl (C=O) groups is 2. The van der Waals surface area contributed by atoms with Crippen molar-refractivity contribution < 1.29 is 28.5 Å². The number of hydrogen-bond acceptors (Lipinski definition) is 6. The van der Waals surface area contributed by atoms with Gasteiger partial charge in [-0.1, -0.05) is 29.8 Å². The molecule has 0 saturated carbocycles. The summed E-state index contributed by atoms with van der Waals surface area (Å²) in [6.07, 6.45) is 0.813. The molecular formula is C30H28O6. The van der Waals surface area contributed by atoms with Crippen molar-refractivity contribution >= 4 is 22.7 Å². The van der Waals surface area contributed by atoms with Gasteiger partial charge in [-0.25, -0.2) is 9.59 Å². The largest absolute Gasteiger partial charge is 0.493 e. The van der Waals surface area contributed by atoms with Gasteiger partial charge in [0.2, 0.25) is 0 Å². The minimum atomic E-state index is -0.477. The predicted molar refractivity (Wildman–Crippen MR) is 138 cm³/mol. The van der Waals surface area contributed by atoms with Crippen LogP contribution in [-0.4, -0.2) is 32.3 Å². The molecule has 0 spiro atoms. The van der Waals surface area contributed by atoms with Crippen LogP contribution in [0.3, 0.4) is 0 Å². The van der Waals surface area contributed by atoms with Gasteiger partial charge in [-0.2, -0.15) is 0 Å². The molecule has 0 aromatic heterocycles. The number of esters is 2. The highest BCUT2D eigenvalue weighted by Gasteiger charge is 2.15. The SMILES string of the molecule is COCCCOc1ccc2cc(C(=O)Oc3ccc(C(=O)Oc4ccc(C)cc4)cc3C)ccc2c1. The summed E-state index contributed by atoms with van der Waals surface area (Å²) in [4.78, 5) is 25.3. The fraction of sp³-hybridized carbons (Fsp3) is 0.200.